The monoisotopic (exact) mass is 444 g/mol. The molecule has 1 aliphatic carbocycles. The fourth-order valence-electron chi connectivity index (χ4n) is 5.37. The van der Waals surface area contributed by atoms with Crippen molar-refractivity contribution in [2.45, 2.75) is 96.6 Å². The first-order valence-corrected chi connectivity index (χ1v) is 13.0. The lowest BCUT2D eigenvalue weighted by atomic mass is 10.0. The molecule has 172 valence electrons. The summed E-state index contributed by atoms with van der Waals surface area (Å²) in [5.41, 5.74) is 0. The molecule has 4 rings (SSSR count). The number of aromatic nitrogens is 2. The molecule has 0 radical (unpaired) electrons. The van der Waals surface area contributed by atoms with Gasteiger partial charge >= 0.3 is 0 Å². The summed E-state index contributed by atoms with van der Waals surface area (Å²) >= 11 is 5.67. The molecule has 2 atom stereocenters. The van der Waals surface area contributed by atoms with Crippen molar-refractivity contribution < 1.29 is 0 Å². The van der Waals surface area contributed by atoms with E-state index in [0.29, 0.717) is 29.1 Å². The number of thiocarbonyl (C=S) groups is 1. The standard InChI is InChI=1S/C24H40N6S/c1-18-10-9-14-29(17-18)21-16-22(30-15-8-7-11-19(30)2)27-23(26-21)28-24(31)25-20-12-5-3-4-6-13-20/h16,18-20H,3-15,17H2,1-2H3,(H2,25,26,27,28,31)/t18-,19+/m0/s1. The number of nitrogens with zero attached hydrogens (tertiary/aromatic N) is 4. The average molecular weight is 445 g/mol. The molecule has 0 spiro atoms. The smallest absolute Gasteiger partial charge is 0.232 e. The SMILES string of the molecule is C[C@H]1CCCN(c2cc(N3CCCC[C@H]3C)nc(NC(=S)NC3CCCCCC3)n2)C1. The van der Waals surface area contributed by atoms with Crippen molar-refractivity contribution >= 4 is 34.9 Å². The van der Waals surface area contributed by atoms with Crippen molar-refractivity contribution in [1.82, 2.24) is 15.3 Å². The van der Waals surface area contributed by atoms with Gasteiger partial charge in [-0.3, -0.25) is 0 Å². The number of anilines is 3. The molecule has 2 N–H and O–H groups in total. The van der Waals surface area contributed by atoms with Crippen LogP contribution in [0.3, 0.4) is 0 Å². The molecule has 2 aliphatic heterocycles. The van der Waals surface area contributed by atoms with Crippen LogP contribution in [-0.4, -0.2) is 46.8 Å². The van der Waals surface area contributed by atoms with E-state index in [1.807, 2.05) is 0 Å². The number of hydrogen-bond acceptors (Lipinski definition) is 5. The number of piperidine rings is 2. The molecule has 3 aliphatic rings. The highest BCUT2D eigenvalue weighted by Gasteiger charge is 2.24. The minimum absolute atomic E-state index is 0.468. The fraction of sp³-hybridized carbons (Fsp3) is 0.792. The molecular weight excluding hydrogens is 404 g/mol. The summed E-state index contributed by atoms with van der Waals surface area (Å²) in [6.07, 6.45) is 14.0. The third kappa shape index (κ3) is 6.21. The second-order valence-electron chi connectivity index (χ2n) is 9.93. The zero-order chi connectivity index (χ0) is 21.6. The largest absolute Gasteiger partial charge is 0.360 e. The van der Waals surface area contributed by atoms with Crippen molar-refractivity contribution in [3.8, 4) is 0 Å². The maximum absolute atomic E-state index is 5.67. The Morgan fingerprint density at radius 2 is 1.65 bits per heavy atom. The highest BCUT2D eigenvalue weighted by Crippen LogP contribution is 2.29. The summed E-state index contributed by atoms with van der Waals surface area (Å²) < 4.78 is 0. The Morgan fingerprint density at radius 3 is 2.39 bits per heavy atom. The van der Waals surface area contributed by atoms with Crippen LogP contribution in [0.2, 0.25) is 0 Å². The minimum atomic E-state index is 0.468. The van der Waals surface area contributed by atoms with Crippen molar-refractivity contribution in [2.24, 2.45) is 5.92 Å². The van der Waals surface area contributed by atoms with Gasteiger partial charge in [-0.25, -0.2) is 0 Å². The Morgan fingerprint density at radius 1 is 0.903 bits per heavy atom. The summed E-state index contributed by atoms with van der Waals surface area (Å²) in [5, 5.41) is 7.53. The zero-order valence-electron chi connectivity index (χ0n) is 19.4. The van der Waals surface area contributed by atoms with E-state index in [2.05, 4.69) is 40.3 Å². The fourth-order valence-corrected chi connectivity index (χ4v) is 5.63. The van der Waals surface area contributed by atoms with Gasteiger partial charge in [-0.2, -0.15) is 9.97 Å². The van der Waals surface area contributed by atoms with Gasteiger partial charge in [0.25, 0.3) is 0 Å². The zero-order valence-corrected chi connectivity index (χ0v) is 20.2. The predicted octanol–water partition coefficient (Wildman–Crippen LogP) is 5.10. The first-order chi connectivity index (χ1) is 15.1. The topological polar surface area (TPSA) is 56.3 Å². The van der Waals surface area contributed by atoms with Crippen LogP contribution in [0.1, 0.15) is 84.5 Å². The lowest BCUT2D eigenvalue weighted by molar-refractivity contribution is 0.444. The Bertz CT molecular complexity index is 733. The Hall–Kier alpha value is -1.63. The van der Waals surface area contributed by atoms with Gasteiger partial charge in [0, 0.05) is 37.8 Å². The lowest BCUT2D eigenvalue weighted by Crippen LogP contribution is -2.40. The van der Waals surface area contributed by atoms with Gasteiger partial charge in [0.15, 0.2) is 5.11 Å². The van der Waals surface area contributed by atoms with Gasteiger partial charge in [-0.1, -0.05) is 32.6 Å². The summed E-state index contributed by atoms with van der Waals surface area (Å²) in [5.74, 6) is 3.41. The minimum Gasteiger partial charge on any atom is -0.360 e. The van der Waals surface area contributed by atoms with Crippen molar-refractivity contribution in [3.63, 3.8) is 0 Å². The molecule has 3 fully saturated rings. The third-order valence-corrected chi connectivity index (χ3v) is 7.41. The van der Waals surface area contributed by atoms with Gasteiger partial charge in [-0.05, 0) is 70.0 Å². The van der Waals surface area contributed by atoms with Gasteiger partial charge in [-0.15, -0.1) is 0 Å². The van der Waals surface area contributed by atoms with E-state index in [1.54, 1.807) is 0 Å². The molecule has 31 heavy (non-hydrogen) atoms. The van der Waals surface area contributed by atoms with E-state index >= 15 is 0 Å². The molecule has 7 heteroatoms. The van der Waals surface area contributed by atoms with E-state index in [1.165, 1.54) is 70.6 Å². The molecule has 3 heterocycles. The maximum Gasteiger partial charge on any atom is 0.232 e. The molecule has 6 nitrogen and oxygen atoms in total. The van der Waals surface area contributed by atoms with Crippen LogP contribution in [0.25, 0.3) is 0 Å². The summed E-state index contributed by atoms with van der Waals surface area (Å²) in [7, 11) is 0. The van der Waals surface area contributed by atoms with Crippen molar-refractivity contribution in [1.29, 1.82) is 0 Å². The van der Waals surface area contributed by atoms with E-state index < -0.39 is 0 Å². The highest BCUT2D eigenvalue weighted by molar-refractivity contribution is 7.80. The summed E-state index contributed by atoms with van der Waals surface area (Å²) in [6.45, 7) is 7.86. The normalized spacial score (nSPS) is 25.7. The van der Waals surface area contributed by atoms with Gasteiger partial charge in [0.1, 0.15) is 11.6 Å². The van der Waals surface area contributed by atoms with Gasteiger partial charge in [0.05, 0.1) is 0 Å². The van der Waals surface area contributed by atoms with Crippen molar-refractivity contribution in [3.05, 3.63) is 6.07 Å². The molecule has 1 aromatic heterocycles. The average Bonchev–Trinajstić information content (AvgIpc) is 3.02. The van der Waals surface area contributed by atoms with Crippen LogP contribution >= 0.6 is 12.2 Å². The molecule has 2 saturated heterocycles. The first kappa shape index (κ1) is 22.6. The highest BCUT2D eigenvalue weighted by atomic mass is 32.1. The molecule has 1 saturated carbocycles. The molecule has 1 aromatic rings. The second-order valence-corrected chi connectivity index (χ2v) is 10.3. The van der Waals surface area contributed by atoms with Crippen LogP contribution in [-0.2, 0) is 0 Å². The van der Waals surface area contributed by atoms with Crippen molar-refractivity contribution in [2.75, 3.05) is 34.8 Å². The van der Waals surface area contributed by atoms with Crippen LogP contribution < -0.4 is 20.4 Å². The summed E-state index contributed by atoms with van der Waals surface area (Å²) in [4.78, 5) is 14.7. The second kappa shape index (κ2) is 10.8. The number of rotatable bonds is 4. The van der Waals surface area contributed by atoms with Crippen LogP contribution in [0.5, 0.6) is 0 Å². The van der Waals surface area contributed by atoms with E-state index in [-0.39, 0.29) is 0 Å². The van der Waals surface area contributed by atoms with Gasteiger partial charge < -0.3 is 20.4 Å². The quantitative estimate of drug-likeness (QED) is 0.495. The number of hydrogen-bond donors (Lipinski definition) is 2. The number of nitrogens with one attached hydrogen (secondary N) is 2. The maximum atomic E-state index is 5.67. The Balaban J connectivity index is 1.52. The first-order valence-electron chi connectivity index (χ1n) is 12.6. The lowest BCUT2D eigenvalue weighted by Gasteiger charge is -2.36. The third-order valence-electron chi connectivity index (χ3n) is 7.19. The molecular formula is C24H40N6S. The molecule has 0 unspecified atom stereocenters. The van der Waals surface area contributed by atoms with Crippen LogP contribution in [0, 0.1) is 5.92 Å². The molecule has 0 bridgehead atoms. The van der Waals surface area contributed by atoms with Gasteiger partial charge in [0.2, 0.25) is 5.95 Å². The Labute approximate surface area is 193 Å². The van der Waals surface area contributed by atoms with Crippen LogP contribution in [0.4, 0.5) is 17.6 Å². The van der Waals surface area contributed by atoms with E-state index in [0.717, 1.165) is 31.3 Å². The summed E-state index contributed by atoms with van der Waals surface area (Å²) in [6, 6.07) is 3.18. The molecule has 0 aromatic carbocycles. The Kier molecular flexibility index (Phi) is 7.86. The van der Waals surface area contributed by atoms with E-state index in [4.69, 9.17) is 22.2 Å². The van der Waals surface area contributed by atoms with E-state index in [9.17, 15) is 0 Å². The van der Waals surface area contributed by atoms with Crippen LogP contribution in [0.15, 0.2) is 6.07 Å². The predicted molar refractivity (Wildman–Crippen MR) is 134 cm³/mol. The molecule has 0 amide bonds.